The molecule has 12 heavy (non-hydrogen) atoms. The minimum Gasteiger partial charge on any atom is -0.385 e. The molecule has 1 aliphatic rings. The van der Waals surface area contributed by atoms with Gasteiger partial charge < -0.3 is 4.74 Å². The molecule has 0 aliphatic heterocycles. The summed E-state index contributed by atoms with van der Waals surface area (Å²) >= 11 is 3.70. The van der Waals surface area contributed by atoms with Crippen molar-refractivity contribution in [2.45, 2.75) is 43.9 Å². The van der Waals surface area contributed by atoms with E-state index in [4.69, 9.17) is 4.74 Å². The highest BCUT2D eigenvalue weighted by molar-refractivity contribution is 9.09. The molecule has 0 radical (unpaired) electrons. The minimum absolute atomic E-state index is 0.660. The summed E-state index contributed by atoms with van der Waals surface area (Å²) in [6.07, 6.45) is 6.77. The van der Waals surface area contributed by atoms with Crippen molar-refractivity contribution in [3.63, 3.8) is 0 Å². The monoisotopic (exact) mass is 234 g/mol. The molecule has 1 aliphatic carbocycles. The summed E-state index contributed by atoms with van der Waals surface area (Å²) in [4.78, 5) is 0.701. The first kappa shape index (κ1) is 10.5. The molecule has 72 valence electrons. The number of hydrogen-bond donors (Lipinski definition) is 0. The third-order valence-electron chi connectivity index (χ3n) is 3.01. The Morgan fingerprint density at radius 3 is 2.50 bits per heavy atom. The van der Waals surface area contributed by atoms with E-state index in [1.165, 1.54) is 32.1 Å². The van der Waals surface area contributed by atoms with E-state index in [2.05, 4.69) is 22.9 Å². The highest BCUT2D eigenvalue weighted by atomic mass is 79.9. The van der Waals surface area contributed by atoms with Crippen molar-refractivity contribution in [2.75, 3.05) is 13.7 Å². The van der Waals surface area contributed by atoms with Crippen molar-refractivity contribution >= 4 is 15.9 Å². The molecule has 0 amide bonds. The van der Waals surface area contributed by atoms with Gasteiger partial charge in [-0.1, -0.05) is 29.3 Å². The number of halogens is 1. The second-order valence-electron chi connectivity index (χ2n) is 3.93. The van der Waals surface area contributed by atoms with Gasteiger partial charge in [0.2, 0.25) is 0 Å². The number of rotatable bonds is 6. The SMILES string of the molecule is COCCCCC1(C(C)Br)CC1. The Morgan fingerprint density at radius 2 is 2.08 bits per heavy atom. The Hall–Kier alpha value is 0.440. The number of methoxy groups -OCH3 is 1. The van der Waals surface area contributed by atoms with Crippen LogP contribution in [0, 0.1) is 5.41 Å². The third kappa shape index (κ3) is 2.74. The zero-order valence-electron chi connectivity index (χ0n) is 8.11. The van der Waals surface area contributed by atoms with Crippen molar-refractivity contribution in [1.29, 1.82) is 0 Å². The third-order valence-corrected chi connectivity index (χ3v) is 3.98. The van der Waals surface area contributed by atoms with Crippen LogP contribution in [0.25, 0.3) is 0 Å². The summed E-state index contributed by atoms with van der Waals surface area (Å²) < 4.78 is 5.03. The van der Waals surface area contributed by atoms with Crippen LogP contribution in [0.1, 0.15) is 39.0 Å². The summed E-state index contributed by atoms with van der Waals surface area (Å²) in [6.45, 7) is 3.20. The van der Waals surface area contributed by atoms with Gasteiger partial charge in [0.15, 0.2) is 0 Å². The minimum atomic E-state index is 0.660. The molecule has 1 saturated carbocycles. The molecule has 0 saturated heterocycles. The predicted octanol–water partition coefficient (Wildman–Crippen LogP) is 3.37. The van der Waals surface area contributed by atoms with Crippen molar-refractivity contribution in [3.8, 4) is 0 Å². The molecule has 1 atom stereocenters. The van der Waals surface area contributed by atoms with E-state index in [1.807, 2.05) is 0 Å². The summed E-state index contributed by atoms with van der Waals surface area (Å²) in [5.74, 6) is 0. The number of ether oxygens (including phenoxy) is 1. The van der Waals surface area contributed by atoms with Crippen LogP contribution in [-0.2, 0) is 4.74 Å². The average molecular weight is 235 g/mol. The summed E-state index contributed by atoms with van der Waals surface area (Å²) in [7, 11) is 1.78. The van der Waals surface area contributed by atoms with Gasteiger partial charge in [0.25, 0.3) is 0 Å². The number of hydrogen-bond acceptors (Lipinski definition) is 1. The van der Waals surface area contributed by atoms with E-state index in [0.29, 0.717) is 10.2 Å². The summed E-state index contributed by atoms with van der Waals surface area (Å²) in [6, 6.07) is 0. The molecule has 0 aromatic heterocycles. The molecular weight excluding hydrogens is 216 g/mol. The van der Waals surface area contributed by atoms with Crippen LogP contribution < -0.4 is 0 Å². The van der Waals surface area contributed by atoms with Crippen molar-refractivity contribution in [2.24, 2.45) is 5.41 Å². The second-order valence-corrected chi connectivity index (χ2v) is 5.30. The van der Waals surface area contributed by atoms with Gasteiger partial charge in [0.1, 0.15) is 0 Å². The average Bonchev–Trinajstić information content (AvgIpc) is 2.79. The fraction of sp³-hybridized carbons (Fsp3) is 1.00. The Bertz CT molecular complexity index is 130. The molecule has 1 unspecified atom stereocenters. The lowest BCUT2D eigenvalue weighted by Crippen LogP contribution is -2.11. The van der Waals surface area contributed by atoms with Crippen molar-refractivity contribution in [1.82, 2.24) is 0 Å². The molecule has 1 nitrogen and oxygen atoms in total. The summed E-state index contributed by atoms with van der Waals surface area (Å²) in [5, 5.41) is 0. The van der Waals surface area contributed by atoms with Gasteiger partial charge in [-0.15, -0.1) is 0 Å². The van der Waals surface area contributed by atoms with E-state index in [9.17, 15) is 0 Å². The zero-order valence-corrected chi connectivity index (χ0v) is 9.69. The Kier molecular flexibility index (Phi) is 4.04. The zero-order chi connectivity index (χ0) is 9.03. The van der Waals surface area contributed by atoms with Gasteiger partial charge in [-0.2, -0.15) is 0 Å². The van der Waals surface area contributed by atoms with E-state index in [-0.39, 0.29) is 0 Å². The molecular formula is C10H19BrO. The lowest BCUT2D eigenvalue weighted by atomic mass is 9.96. The Morgan fingerprint density at radius 1 is 1.42 bits per heavy atom. The van der Waals surface area contributed by atoms with E-state index in [0.717, 1.165) is 6.61 Å². The van der Waals surface area contributed by atoms with Crippen LogP contribution >= 0.6 is 15.9 Å². The normalized spacial score (nSPS) is 22.2. The highest BCUT2D eigenvalue weighted by Gasteiger charge is 2.45. The molecule has 0 heterocycles. The quantitative estimate of drug-likeness (QED) is 0.506. The first-order valence-corrected chi connectivity index (χ1v) is 5.76. The Balaban J connectivity index is 2.06. The topological polar surface area (TPSA) is 9.23 Å². The fourth-order valence-corrected chi connectivity index (χ4v) is 2.42. The number of unbranched alkanes of at least 4 members (excludes halogenated alkanes) is 1. The standard InChI is InChI=1S/C10H19BrO/c1-9(11)10(6-7-10)5-3-4-8-12-2/h9H,3-8H2,1-2H3. The molecule has 2 heteroatoms. The molecule has 1 rings (SSSR count). The lowest BCUT2D eigenvalue weighted by Gasteiger charge is -2.17. The highest BCUT2D eigenvalue weighted by Crippen LogP contribution is 2.55. The van der Waals surface area contributed by atoms with Crippen LogP contribution in [0.15, 0.2) is 0 Å². The largest absolute Gasteiger partial charge is 0.385 e. The van der Waals surface area contributed by atoms with Crippen LogP contribution in [0.4, 0.5) is 0 Å². The summed E-state index contributed by atoms with van der Waals surface area (Å²) in [5.41, 5.74) is 0.660. The van der Waals surface area contributed by atoms with Gasteiger partial charge in [-0.05, 0) is 31.1 Å². The van der Waals surface area contributed by atoms with Crippen LogP contribution in [0.5, 0.6) is 0 Å². The molecule has 1 fully saturated rings. The smallest absolute Gasteiger partial charge is 0.0462 e. The van der Waals surface area contributed by atoms with E-state index >= 15 is 0 Å². The van der Waals surface area contributed by atoms with Crippen molar-refractivity contribution < 1.29 is 4.74 Å². The second kappa shape index (κ2) is 4.61. The Labute approximate surface area is 84.0 Å². The van der Waals surface area contributed by atoms with Gasteiger partial charge in [-0.25, -0.2) is 0 Å². The van der Waals surface area contributed by atoms with Crippen LogP contribution in [0.2, 0.25) is 0 Å². The molecule has 0 aromatic rings. The molecule has 0 N–H and O–H groups in total. The van der Waals surface area contributed by atoms with Crippen LogP contribution in [-0.4, -0.2) is 18.5 Å². The van der Waals surface area contributed by atoms with Gasteiger partial charge >= 0.3 is 0 Å². The van der Waals surface area contributed by atoms with Crippen LogP contribution in [0.3, 0.4) is 0 Å². The molecule has 0 aromatic carbocycles. The van der Waals surface area contributed by atoms with E-state index in [1.54, 1.807) is 7.11 Å². The molecule has 0 spiro atoms. The first-order chi connectivity index (χ1) is 5.71. The maximum atomic E-state index is 5.03. The van der Waals surface area contributed by atoms with E-state index < -0.39 is 0 Å². The maximum Gasteiger partial charge on any atom is 0.0462 e. The number of alkyl halides is 1. The van der Waals surface area contributed by atoms with Gasteiger partial charge in [0, 0.05) is 18.5 Å². The lowest BCUT2D eigenvalue weighted by molar-refractivity contribution is 0.189. The van der Waals surface area contributed by atoms with Gasteiger partial charge in [-0.3, -0.25) is 0 Å². The van der Waals surface area contributed by atoms with Gasteiger partial charge in [0.05, 0.1) is 0 Å². The predicted molar refractivity (Wildman–Crippen MR) is 55.8 cm³/mol. The maximum absolute atomic E-state index is 5.03. The van der Waals surface area contributed by atoms with Crippen molar-refractivity contribution in [3.05, 3.63) is 0 Å². The first-order valence-electron chi connectivity index (χ1n) is 4.84. The molecule has 0 bridgehead atoms. The fourth-order valence-electron chi connectivity index (χ4n) is 1.73.